The highest BCUT2D eigenvalue weighted by atomic mass is 16.2. The molecule has 1 aliphatic heterocycles. The first-order valence-electron chi connectivity index (χ1n) is 9.14. The molecule has 0 bridgehead atoms. The number of hydrogen-bond donors (Lipinski definition) is 4. The lowest BCUT2D eigenvalue weighted by atomic mass is 10.1. The molecule has 2 atom stereocenters. The SMILES string of the molecule is CCC(C)NC(=O)CC1CNC(=O)c2cc3cc(NC(=O)NC)ccc3n21. The van der Waals surface area contributed by atoms with Gasteiger partial charge in [-0.25, -0.2) is 4.79 Å². The van der Waals surface area contributed by atoms with Gasteiger partial charge in [0.05, 0.1) is 6.04 Å². The van der Waals surface area contributed by atoms with Gasteiger partial charge in [-0.1, -0.05) is 6.92 Å². The minimum absolute atomic E-state index is 0.0313. The van der Waals surface area contributed by atoms with Gasteiger partial charge in [0.15, 0.2) is 0 Å². The van der Waals surface area contributed by atoms with Crippen molar-refractivity contribution < 1.29 is 14.4 Å². The predicted octanol–water partition coefficient (Wildman–Crippen LogP) is 1.98. The van der Waals surface area contributed by atoms with Crippen LogP contribution in [0.2, 0.25) is 0 Å². The van der Waals surface area contributed by atoms with E-state index >= 15 is 0 Å². The molecule has 0 spiro atoms. The summed E-state index contributed by atoms with van der Waals surface area (Å²) in [6, 6.07) is 6.91. The van der Waals surface area contributed by atoms with Crippen LogP contribution in [0, 0.1) is 0 Å². The van der Waals surface area contributed by atoms with Gasteiger partial charge < -0.3 is 25.8 Å². The zero-order chi connectivity index (χ0) is 19.6. The van der Waals surface area contributed by atoms with Gasteiger partial charge in [0, 0.05) is 42.6 Å². The van der Waals surface area contributed by atoms with Crippen LogP contribution in [0.1, 0.15) is 43.2 Å². The number of nitrogens with zero attached hydrogens (tertiary/aromatic N) is 1. The monoisotopic (exact) mass is 371 g/mol. The summed E-state index contributed by atoms with van der Waals surface area (Å²) < 4.78 is 1.92. The molecule has 2 aromatic rings. The Kier molecular flexibility index (Phi) is 5.34. The topological polar surface area (TPSA) is 104 Å². The van der Waals surface area contributed by atoms with Gasteiger partial charge in [0.25, 0.3) is 5.91 Å². The predicted molar refractivity (Wildman–Crippen MR) is 104 cm³/mol. The number of amides is 4. The Labute approximate surface area is 157 Å². The van der Waals surface area contributed by atoms with Crippen LogP contribution >= 0.6 is 0 Å². The van der Waals surface area contributed by atoms with Crippen LogP contribution in [0.3, 0.4) is 0 Å². The van der Waals surface area contributed by atoms with Crippen molar-refractivity contribution >= 4 is 34.4 Å². The van der Waals surface area contributed by atoms with Crippen LogP contribution in [0.5, 0.6) is 0 Å². The normalized spacial score (nSPS) is 17.0. The first-order valence-corrected chi connectivity index (χ1v) is 9.14. The summed E-state index contributed by atoms with van der Waals surface area (Å²) in [6.07, 6.45) is 1.16. The Morgan fingerprint density at radius 2 is 2.11 bits per heavy atom. The molecule has 1 aromatic carbocycles. The molecule has 4 amide bonds. The van der Waals surface area contributed by atoms with Crippen molar-refractivity contribution in [2.24, 2.45) is 0 Å². The number of aromatic nitrogens is 1. The second kappa shape index (κ2) is 7.69. The number of hydrogen-bond acceptors (Lipinski definition) is 3. The van der Waals surface area contributed by atoms with Crippen molar-refractivity contribution in [3.63, 3.8) is 0 Å². The van der Waals surface area contributed by atoms with Crippen LogP contribution in [-0.4, -0.2) is 42.0 Å². The van der Waals surface area contributed by atoms with E-state index in [2.05, 4.69) is 21.3 Å². The highest BCUT2D eigenvalue weighted by Crippen LogP contribution is 2.30. The van der Waals surface area contributed by atoms with E-state index in [0.717, 1.165) is 17.3 Å². The average molecular weight is 371 g/mol. The van der Waals surface area contributed by atoms with Gasteiger partial charge in [-0.05, 0) is 37.6 Å². The van der Waals surface area contributed by atoms with Crippen LogP contribution < -0.4 is 21.3 Å². The number of urea groups is 1. The van der Waals surface area contributed by atoms with Gasteiger partial charge >= 0.3 is 6.03 Å². The van der Waals surface area contributed by atoms with Crippen LogP contribution in [0.25, 0.3) is 10.9 Å². The maximum atomic E-state index is 12.3. The summed E-state index contributed by atoms with van der Waals surface area (Å²) in [5.74, 6) is -0.193. The zero-order valence-corrected chi connectivity index (χ0v) is 15.8. The van der Waals surface area contributed by atoms with E-state index in [9.17, 15) is 14.4 Å². The molecule has 144 valence electrons. The number of fused-ring (bicyclic) bond motifs is 3. The number of carbonyl (C=O) groups excluding carboxylic acids is 3. The molecule has 0 saturated carbocycles. The molecule has 0 aliphatic carbocycles. The summed E-state index contributed by atoms with van der Waals surface area (Å²) >= 11 is 0. The van der Waals surface area contributed by atoms with E-state index in [1.165, 1.54) is 0 Å². The Hall–Kier alpha value is -3.03. The van der Waals surface area contributed by atoms with Gasteiger partial charge in [0.2, 0.25) is 5.91 Å². The largest absolute Gasteiger partial charge is 0.354 e. The average Bonchev–Trinajstić information content (AvgIpc) is 3.03. The molecule has 1 aliphatic rings. The van der Waals surface area contributed by atoms with E-state index in [0.29, 0.717) is 24.3 Å². The third-order valence-corrected chi connectivity index (χ3v) is 4.86. The smallest absolute Gasteiger partial charge is 0.318 e. The molecule has 0 radical (unpaired) electrons. The number of nitrogens with one attached hydrogen (secondary N) is 4. The van der Waals surface area contributed by atoms with Crippen molar-refractivity contribution in [1.82, 2.24) is 20.5 Å². The lowest BCUT2D eigenvalue weighted by Crippen LogP contribution is -2.41. The number of benzene rings is 1. The fraction of sp³-hybridized carbons (Fsp3) is 0.421. The molecular formula is C19H25N5O3. The molecule has 4 N–H and O–H groups in total. The van der Waals surface area contributed by atoms with E-state index in [4.69, 9.17) is 0 Å². The summed E-state index contributed by atoms with van der Waals surface area (Å²) in [4.78, 5) is 36.2. The van der Waals surface area contributed by atoms with Crippen molar-refractivity contribution in [3.8, 4) is 0 Å². The van der Waals surface area contributed by atoms with Gasteiger partial charge in [-0.2, -0.15) is 0 Å². The van der Waals surface area contributed by atoms with Gasteiger partial charge in [-0.15, -0.1) is 0 Å². The van der Waals surface area contributed by atoms with E-state index in [-0.39, 0.29) is 29.9 Å². The molecule has 27 heavy (non-hydrogen) atoms. The van der Waals surface area contributed by atoms with Crippen molar-refractivity contribution in [2.45, 2.75) is 38.8 Å². The second-order valence-corrected chi connectivity index (χ2v) is 6.82. The van der Waals surface area contributed by atoms with Crippen molar-refractivity contribution in [2.75, 3.05) is 18.9 Å². The lowest BCUT2D eigenvalue weighted by molar-refractivity contribution is -0.122. The molecular weight excluding hydrogens is 346 g/mol. The first kappa shape index (κ1) is 18.8. The summed E-state index contributed by atoms with van der Waals surface area (Å²) in [5, 5.41) is 11.9. The molecule has 0 saturated heterocycles. The van der Waals surface area contributed by atoms with Crippen LogP contribution in [0.15, 0.2) is 24.3 Å². The zero-order valence-electron chi connectivity index (χ0n) is 15.8. The first-order chi connectivity index (χ1) is 12.9. The number of carbonyl (C=O) groups is 3. The van der Waals surface area contributed by atoms with Crippen molar-refractivity contribution in [1.29, 1.82) is 0 Å². The minimum Gasteiger partial charge on any atom is -0.354 e. The lowest BCUT2D eigenvalue weighted by Gasteiger charge is -2.27. The molecule has 3 rings (SSSR count). The van der Waals surface area contributed by atoms with Gasteiger partial charge in [-0.3, -0.25) is 9.59 Å². The quantitative estimate of drug-likeness (QED) is 0.646. The highest BCUT2D eigenvalue weighted by molar-refractivity contribution is 6.01. The maximum absolute atomic E-state index is 12.3. The third kappa shape index (κ3) is 3.89. The molecule has 1 aromatic heterocycles. The summed E-state index contributed by atoms with van der Waals surface area (Å²) in [5.41, 5.74) is 2.02. The molecule has 8 nitrogen and oxygen atoms in total. The highest BCUT2D eigenvalue weighted by Gasteiger charge is 2.29. The Bertz CT molecular complexity index is 889. The van der Waals surface area contributed by atoms with Gasteiger partial charge in [0.1, 0.15) is 5.69 Å². The van der Waals surface area contributed by atoms with E-state index < -0.39 is 0 Å². The minimum atomic E-state index is -0.310. The van der Waals surface area contributed by atoms with Crippen molar-refractivity contribution in [3.05, 3.63) is 30.0 Å². The third-order valence-electron chi connectivity index (χ3n) is 4.86. The second-order valence-electron chi connectivity index (χ2n) is 6.82. The van der Waals surface area contributed by atoms with E-state index in [1.807, 2.05) is 30.5 Å². The fourth-order valence-electron chi connectivity index (χ4n) is 3.28. The van der Waals surface area contributed by atoms with Crippen LogP contribution in [0.4, 0.5) is 10.5 Å². The number of rotatable bonds is 5. The fourth-order valence-corrected chi connectivity index (χ4v) is 3.28. The summed E-state index contributed by atoms with van der Waals surface area (Å²) in [6.45, 7) is 4.40. The Morgan fingerprint density at radius 3 is 2.81 bits per heavy atom. The summed E-state index contributed by atoms with van der Waals surface area (Å²) in [7, 11) is 1.55. The standard InChI is InChI=1S/C19H25N5O3/c1-4-11(2)22-17(25)9-14-10-21-18(26)16-8-12-7-13(23-19(27)20-3)5-6-15(12)24(14)16/h5-8,11,14H,4,9-10H2,1-3H3,(H,21,26)(H,22,25)(H2,20,23,27). The maximum Gasteiger partial charge on any atom is 0.318 e. The molecule has 8 heteroatoms. The Morgan fingerprint density at radius 1 is 1.33 bits per heavy atom. The molecule has 2 unspecified atom stereocenters. The Balaban J connectivity index is 1.91. The number of anilines is 1. The molecule has 0 fully saturated rings. The van der Waals surface area contributed by atoms with E-state index in [1.54, 1.807) is 19.2 Å². The molecule has 2 heterocycles. The van der Waals surface area contributed by atoms with Crippen LogP contribution in [-0.2, 0) is 4.79 Å².